The van der Waals surface area contributed by atoms with E-state index in [0.717, 1.165) is 6.54 Å². The molecule has 1 aliphatic heterocycles. The number of hydrogen-bond donors (Lipinski definition) is 2. The topological polar surface area (TPSA) is 27.3 Å². The van der Waals surface area contributed by atoms with Crippen molar-refractivity contribution in [3.63, 3.8) is 0 Å². The van der Waals surface area contributed by atoms with Crippen LogP contribution in [0.4, 0.5) is 0 Å². The van der Waals surface area contributed by atoms with Crippen molar-refractivity contribution >= 4 is 0 Å². The molecule has 3 nitrogen and oxygen atoms in total. The number of nitrogens with zero attached hydrogens (tertiary/aromatic N) is 1. The highest BCUT2D eigenvalue weighted by Gasteiger charge is 2.18. The van der Waals surface area contributed by atoms with Gasteiger partial charge in [0.15, 0.2) is 0 Å². The van der Waals surface area contributed by atoms with E-state index in [1.165, 1.54) is 31.4 Å². The van der Waals surface area contributed by atoms with E-state index in [1.54, 1.807) is 5.57 Å². The van der Waals surface area contributed by atoms with Crippen molar-refractivity contribution < 1.29 is 0 Å². The van der Waals surface area contributed by atoms with Gasteiger partial charge < -0.3 is 5.01 Å². The molecule has 0 amide bonds. The molecule has 0 aromatic rings. The number of hydrazine groups is 2. The highest BCUT2D eigenvalue weighted by Crippen LogP contribution is 2.26. The smallest absolute Gasteiger partial charge is 0.0348 e. The molecule has 0 saturated heterocycles. The Morgan fingerprint density at radius 1 is 1.27 bits per heavy atom. The Morgan fingerprint density at radius 3 is 2.91 bits per heavy atom. The number of allylic oxidation sites excluding steroid dienone is 1. The van der Waals surface area contributed by atoms with Gasteiger partial charge in [-0.3, -0.25) is 0 Å². The molecule has 0 atom stereocenters. The zero-order chi connectivity index (χ0) is 7.68. The van der Waals surface area contributed by atoms with Crippen molar-refractivity contribution in [3.05, 3.63) is 11.3 Å². The molecule has 3 heteroatoms. The molecule has 2 N–H and O–H groups in total. The Kier molecular flexibility index (Phi) is 1.84. The van der Waals surface area contributed by atoms with E-state index in [1.807, 2.05) is 0 Å². The second-order valence-electron chi connectivity index (χ2n) is 3.28. The minimum atomic E-state index is 1.03. The van der Waals surface area contributed by atoms with Crippen LogP contribution in [0.15, 0.2) is 11.3 Å². The molecule has 0 bridgehead atoms. The molecule has 11 heavy (non-hydrogen) atoms. The van der Waals surface area contributed by atoms with Crippen LogP contribution in [0.2, 0.25) is 0 Å². The van der Waals surface area contributed by atoms with Crippen LogP contribution < -0.4 is 11.0 Å². The Morgan fingerprint density at radius 2 is 2.09 bits per heavy atom. The van der Waals surface area contributed by atoms with Crippen molar-refractivity contribution in [2.75, 3.05) is 13.6 Å². The molecule has 0 aromatic carbocycles. The van der Waals surface area contributed by atoms with Crippen LogP contribution in [0, 0.1) is 0 Å². The summed E-state index contributed by atoms with van der Waals surface area (Å²) in [4.78, 5) is 0. The predicted molar refractivity (Wildman–Crippen MR) is 44.4 cm³/mol. The summed E-state index contributed by atoms with van der Waals surface area (Å²) in [6, 6.07) is 0. The van der Waals surface area contributed by atoms with Crippen molar-refractivity contribution in [1.82, 2.24) is 16.0 Å². The number of rotatable bonds is 0. The first kappa shape index (κ1) is 7.13. The maximum absolute atomic E-state index is 3.15. The van der Waals surface area contributed by atoms with Gasteiger partial charge in [0, 0.05) is 19.3 Å². The molecule has 0 fully saturated rings. The number of nitrogens with one attached hydrogen (secondary N) is 2. The second kappa shape index (κ2) is 2.83. The van der Waals surface area contributed by atoms with Gasteiger partial charge in [-0.15, -0.1) is 0 Å². The number of hydrogen-bond acceptors (Lipinski definition) is 3. The molecule has 0 radical (unpaired) electrons. The fraction of sp³-hybridized carbons (Fsp3) is 0.750. The first-order valence-electron chi connectivity index (χ1n) is 4.31. The molecule has 0 aromatic heterocycles. The van der Waals surface area contributed by atoms with Crippen molar-refractivity contribution in [2.24, 2.45) is 0 Å². The molecule has 1 aliphatic carbocycles. The lowest BCUT2D eigenvalue weighted by Crippen LogP contribution is -2.50. The van der Waals surface area contributed by atoms with E-state index in [2.05, 4.69) is 23.0 Å². The Hall–Kier alpha value is -0.540. The summed E-state index contributed by atoms with van der Waals surface area (Å²) in [5, 5.41) is 2.11. The van der Waals surface area contributed by atoms with Gasteiger partial charge in [0.05, 0.1) is 0 Å². The summed E-state index contributed by atoms with van der Waals surface area (Å²) in [6.07, 6.45) is 5.26. The van der Waals surface area contributed by atoms with Gasteiger partial charge in [-0.2, -0.15) is 5.53 Å². The highest BCUT2D eigenvalue weighted by atomic mass is 15.7. The van der Waals surface area contributed by atoms with E-state index >= 15 is 0 Å². The summed E-state index contributed by atoms with van der Waals surface area (Å²) < 4.78 is 0. The third kappa shape index (κ3) is 1.26. The maximum atomic E-state index is 3.15. The van der Waals surface area contributed by atoms with E-state index < -0.39 is 0 Å². The van der Waals surface area contributed by atoms with Crippen LogP contribution in [-0.4, -0.2) is 18.6 Å². The largest absolute Gasteiger partial charge is 0.302 e. The molecular formula is C8H15N3. The van der Waals surface area contributed by atoms with Crippen molar-refractivity contribution in [2.45, 2.75) is 25.7 Å². The third-order valence-electron chi connectivity index (χ3n) is 2.50. The van der Waals surface area contributed by atoms with Crippen LogP contribution in [0.1, 0.15) is 25.7 Å². The average Bonchev–Trinajstić information content (AvgIpc) is 2.06. The Labute approximate surface area is 67.4 Å². The van der Waals surface area contributed by atoms with Gasteiger partial charge in [-0.05, 0) is 31.3 Å². The first-order chi connectivity index (χ1) is 5.38. The van der Waals surface area contributed by atoms with Crippen molar-refractivity contribution in [3.8, 4) is 0 Å². The van der Waals surface area contributed by atoms with E-state index in [-0.39, 0.29) is 0 Å². The minimum absolute atomic E-state index is 1.03. The van der Waals surface area contributed by atoms with E-state index in [9.17, 15) is 0 Å². The van der Waals surface area contributed by atoms with Crippen LogP contribution in [0.3, 0.4) is 0 Å². The molecule has 0 unspecified atom stereocenters. The third-order valence-corrected chi connectivity index (χ3v) is 2.50. The normalized spacial score (nSPS) is 25.4. The first-order valence-corrected chi connectivity index (χ1v) is 4.31. The van der Waals surface area contributed by atoms with Crippen LogP contribution in [-0.2, 0) is 0 Å². The highest BCUT2D eigenvalue weighted by molar-refractivity contribution is 5.18. The monoisotopic (exact) mass is 153 g/mol. The minimum Gasteiger partial charge on any atom is -0.302 e. The lowest BCUT2D eigenvalue weighted by atomic mass is 9.95. The van der Waals surface area contributed by atoms with Gasteiger partial charge in [0.25, 0.3) is 0 Å². The molecular weight excluding hydrogens is 138 g/mol. The summed E-state index contributed by atoms with van der Waals surface area (Å²) in [7, 11) is 2.08. The average molecular weight is 153 g/mol. The van der Waals surface area contributed by atoms with Gasteiger partial charge in [-0.25, -0.2) is 5.43 Å². The van der Waals surface area contributed by atoms with Crippen LogP contribution in [0.25, 0.3) is 0 Å². The van der Waals surface area contributed by atoms with Crippen molar-refractivity contribution in [1.29, 1.82) is 0 Å². The lowest BCUT2D eigenvalue weighted by molar-refractivity contribution is 0.210. The maximum Gasteiger partial charge on any atom is 0.0348 e. The van der Waals surface area contributed by atoms with E-state index in [0.29, 0.717) is 0 Å². The second-order valence-corrected chi connectivity index (χ2v) is 3.28. The van der Waals surface area contributed by atoms with Gasteiger partial charge >= 0.3 is 0 Å². The zero-order valence-corrected chi connectivity index (χ0v) is 6.98. The summed E-state index contributed by atoms with van der Waals surface area (Å²) in [5.41, 5.74) is 9.36. The predicted octanol–water partition coefficient (Wildman–Crippen LogP) is 0.769. The Bertz CT molecular complexity index is 182. The standard InChI is InChI=1S/C8H15N3/c1-11-8-5-3-2-4-7(8)6-9-10-11/h9-10H,2-6H2,1H3. The molecule has 62 valence electrons. The summed E-state index contributed by atoms with van der Waals surface area (Å²) in [5.74, 6) is 0. The van der Waals surface area contributed by atoms with Crippen LogP contribution >= 0.6 is 0 Å². The fourth-order valence-electron chi connectivity index (χ4n) is 1.88. The molecule has 2 aliphatic rings. The van der Waals surface area contributed by atoms with Gasteiger partial charge in [0.2, 0.25) is 0 Å². The Balaban J connectivity index is 2.21. The van der Waals surface area contributed by atoms with E-state index in [4.69, 9.17) is 0 Å². The SMILES string of the molecule is CN1NNCC2=C1CCCC2. The van der Waals surface area contributed by atoms with Crippen LogP contribution in [0.5, 0.6) is 0 Å². The quantitative estimate of drug-likeness (QED) is 0.538. The molecule has 0 saturated carbocycles. The zero-order valence-electron chi connectivity index (χ0n) is 6.98. The molecule has 0 spiro atoms. The molecule has 1 heterocycles. The summed E-state index contributed by atoms with van der Waals surface area (Å²) >= 11 is 0. The fourth-order valence-corrected chi connectivity index (χ4v) is 1.88. The van der Waals surface area contributed by atoms with Gasteiger partial charge in [-0.1, -0.05) is 0 Å². The lowest BCUT2D eigenvalue weighted by Gasteiger charge is -2.34. The summed E-state index contributed by atoms with van der Waals surface area (Å²) in [6.45, 7) is 1.03. The molecule has 2 rings (SSSR count). The van der Waals surface area contributed by atoms with Gasteiger partial charge in [0.1, 0.15) is 0 Å².